The van der Waals surface area contributed by atoms with E-state index in [4.69, 9.17) is 5.73 Å². The van der Waals surface area contributed by atoms with E-state index in [9.17, 15) is 14.7 Å². The van der Waals surface area contributed by atoms with Gasteiger partial charge >= 0.3 is 5.91 Å². The van der Waals surface area contributed by atoms with E-state index >= 15 is 0 Å². The third-order valence-electron chi connectivity index (χ3n) is 5.56. The molecule has 0 bridgehead atoms. The van der Waals surface area contributed by atoms with Crippen molar-refractivity contribution >= 4 is 17.7 Å². The Morgan fingerprint density at radius 3 is 2.67 bits per heavy atom. The number of aryl methyl sites for hydroxylation is 1. The minimum Gasteiger partial charge on any atom is -0.530 e. The molecule has 2 aliphatic rings. The Hall–Kier alpha value is -1.92. The highest BCUT2D eigenvalue weighted by Crippen LogP contribution is 2.42. The Bertz CT molecular complexity index is 695. The highest BCUT2D eigenvalue weighted by molar-refractivity contribution is 5.97. The summed E-state index contributed by atoms with van der Waals surface area (Å²) in [5.74, 6) is -0.117. The van der Waals surface area contributed by atoms with Gasteiger partial charge in [-0.1, -0.05) is 6.07 Å². The second kappa shape index (κ2) is 5.57. The highest BCUT2D eigenvalue weighted by Gasteiger charge is 2.56. The van der Waals surface area contributed by atoms with E-state index in [1.54, 1.807) is 0 Å². The molecule has 1 aliphatic heterocycles. The second-order valence-corrected chi connectivity index (χ2v) is 7.84. The number of nitrogens with two attached hydrogens (primary N) is 1. The molecule has 1 saturated heterocycles. The lowest BCUT2D eigenvalue weighted by molar-refractivity contribution is -0.251. The molecule has 1 aliphatic carbocycles. The van der Waals surface area contributed by atoms with Crippen LogP contribution in [0.1, 0.15) is 50.8 Å². The molecule has 130 valence electrons. The van der Waals surface area contributed by atoms with Crippen molar-refractivity contribution in [3.63, 3.8) is 0 Å². The van der Waals surface area contributed by atoms with E-state index in [0.717, 1.165) is 24.1 Å². The first-order chi connectivity index (χ1) is 11.2. The molecule has 0 aromatic heterocycles. The molecular weight excluding hydrogens is 306 g/mol. The number of rotatable bonds is 2. The van der Waals surface area contributed by atoms with Crippen LogP contribution in [0.15, 0.2) is 18.2 Å². The summed E-state index contributed by atoms with van der Waals surface area (Å²) in [7, 11) is 0. The fraction of sp³-hybridized carbons (Fsp3) is 0.556. The standard InChI is InChI=1S/C18H25N3O3/c1-18(2,3)21(9-8-15(16(21)22)20-17(23)24)12-5-6-13-11(10-12)4-7-14(13)19/h5-6,10,14-15,20H,4,7-9,19H2,1-3H3/t14?,15-,21?/m0/s1. The number of carbonyl (C=O) groups is 2. The van der Waals surface area contributed by atoms with Crippen molar-refractivity contribution < 1.29 is 14.7 Å². The van der Waals surface area contributed by atoms with Crippen LogP contribution in [0.3, 0.4) is 0 Å². The van der Waals surface area contributed by atoms with E-state index in [0.29, 0.717) is 13.0 Å². The van der Waals surface area contributed by atoms with Gasteiger partial charge in [-0.15, -0.1) is 0 Å². The van der Waals surface area contributed by atoms with E-state index in [-0.39, 0.29) is 22.0 Å². The van der Waals surface area contributed by atoms with Gasteiger partial charge in [0.15, 0.2) is 0 Å². The van der Waals surface area contributed by atoms with Gasteiger partial charge in [0, 0.05) is 18.5 Å². The summed E-state index contributed by atoms with van der Waals surface area (Å²) in [4.78, 5) is 24.1. The summed E-state index contributed by atoms with van der Waals surface area (Å²) in [6, 6.07) is 5.45. The molecule has 3 atom stereocenters. The number of benzene rings is 1. The van der Waals surface area contributed by atoms with Gasteiger partial charge in [0.25, 0.3) is 0 Å². The van der Waals surface area contributed by atoms with Crippen LogP contribution in [-0.2, 0) is 11.2 Å². The molecule has 6 nitrogen and oxygen atoms in total. The van der Waals surface area contributed by atoms with Crippen LogP contribution in [0.5, 0.6) is 0 Å². The molecule has 1 fully saturated rings. The fourth-order valence-corrected chi connectivity index (χ4v) is 4.28. The number of amides is 2. The Balaban J connectivity index is 2.06. The summed E-state index contributed by atoms with van der Waals surface area (Å²) in [5, 5.41) is 13.2. The Labute approximate surface area is 142 Å². The number of carbonyl (C=O) groups excluding carboxylic acids is 2. The molecule has 1 aromatic rings. The molecule has 1 heterocycles. The first-order valence-corrected chi connectivity index (χ1v) is 8.46. The predicted molar refractivity (Wildman–Crippen MR) is 90.0 cm³/mol. The van der Waals surface area contributed by atoms with Crippen LogP contribution >= 0.6 is 0 Å². The molecule has 24 heavy (non-hydrogen) atoms. The lowest BCUT2D eigenvalue weighted by atomic mass is 9.98. The van der Waals surface area contributed by atoms with Crippen molar-refractivity contribution in [2.45, 2.75) is 57.7 Å². The third-order valence-corrected chi connectivity index (χ3v) is 5.56. The first-order valence-electron chi connectivity index (χ1n) is 8.46. The highest BCUT2D eigenvalue weighted by atomic mass is 16.4. The zero-order chi connectivity index (χ0) is 17.7. The lowest BCUT2D eigenvalue weighted by Crippen LogP contribution is -2.65. The smallest absolute Gasteiger partial charge is 0.341 e. The maximum Gasteiger partial charge on any atom is 0.341 e. The van der Waals surface area contributed by atoms with Crippen molar-refractivity contribution in [1.82, 2.24) is 9.80 Å². The minimum absolute atomic E-state index is 0.0684. The second-order valence-electron chi connectivity index (χ2n) is 7.84. The average Bonchev–Trinajstić information content (AvgIpc) is 3.00. The number of carboxylic acid groups (broad SMARTS) is 1. The molecule has 3 N–H and O–H groups in total. The number of quaternary nitrogens is 1. The predicted octanol–water partition coefficient (Wildman–Crippen LogP) is 0.970. The third kappa shape index (κ3) is 2.41. The molecule has 3 rings (SSSR count). The Morgan fingerprint density at radius 1 is 1.33 bits per heavy atom. The number of hydrogen-bond donors (Lipinski definition) is 2. The maximum absolute atomic E-state index is 13.2. The van der Waals surface area contributed by atoms with Crippen LogP contribution < -0.4 is 20.6 Å². The number of nitrogens with one attached hydrogen (secondary N) is 1. The van der Waals surface area contributed by atoms with Gasteiger partial charge in [0.2, 0.25) is 0 Å². The number of fused-ring (bicyclic) bond motifs is 1. The van der Waals surface area contributed by atoms with Crippen molar-refractivity contribution in [2.75, 3.05) is 6.54 Å². The van der Waals surface area contributed by atoms with Gasteiger partial charge < -0.3 is 21.0 Å². The van der Waals surface area contributed by atoms with Crippen LogP contribution in [0.2, 0.25) is 0 Å². The van der Waals surface area contributed by atoms with E-state index in [1.165, 1.54) is 5.56 Å². The zero-order valence-corrected chi connectivity index (χ0v) is 14.5. The van der Waals surface area contributed by atoms with Crippen molar-refractivity contribution in [3.05, 3.63) is 29.3 Å². The van der Waals surface area contributed by atoms with Crippen molar-refractivity contribution in [1.29, 1.82) is 0 Å². The van der Waals surface area contributed by atoms with Crippen molar-refractivity contribution in [2.24, 2.45) is 5.73 Å². The van der Waals surface area contributed by atoms with Gasteiger partial charge in [0.05, 0.1) is 6.54 Å². The zero-order valence-electron chi connectivity index (χ0n) is 14.5. The Morgan fingerprint density at radius 2 is 2.04 bits per heavy atom. The molecular formula is C18H25N3O3. The summed E-state index contributed by atoms with van der Waals surface area (Å²) >= 11 is 0. The maximum atomic E-state index is 13.2. The molecule has 0 saturated carbocycles. The summed E-state index contributed by atoms with van der Waals surface area (Å²) in [6.07, 6.45) is 0.920. The average molecular weight is 331 g/mol. The number of likely N-dealkylation sites (tertiary alicyclic amines) is 1. The quantitative estimate of drug-likeness (QED) is 0.790. The summed E-state index contributed by atoms with van der Waals surface area (Å²) < 4.78 is 0.139. The van der Waals surface area contributed by atoms with Gasteiger partial charge in [-0.2, -0.15) is 0 Å². The monoisotopic (exact) mass is 331 g/mol. The molecule has 0 radical (unpaired) electrons. The van der Waals surface area contributed by atoms with Gasteiger partial charge in [-0.3, -0.25) is 0 Å². The number of nitrogens with zero attached hydrogens (tertiary/aromatic N) is 1. The van der Waals surface area contributed by atoms with Gasteiger partial charge in [0.1, 0.15) is 23.4 Å². The normalized spacial score (nSPS) is 29.6. The van der Waals surface area contributed by atoms with E-state index in [2.05, 4.69) is 11.4 Å². The largest absolute Gasteiger partial charge is 0.530 e. The van der Waals surface area contributed by atoms with Crippen LogP contribution in [0.25, 0.3) is 0 Å². The van der Waals surface area contributed by atoms with Crippen LogP contribution in [0.4, 0.5) is 10.5 Å². The van der Waals surface area contributed by atoms with Crippen molar-refractivity contribution in [3.8, 4) is 0 Å². The Kier molecular flexibility index (Phi) is 3.92. The fourth-order valence-electron chi connectivity index (χ4n) is 4.28. The van der Waals surface area contributed by atoms with Gasteiger partial charge in [-0.25, -0.2) is 9.28 Å². The van der Waals surface area contributed by atoms with Crippen LogP contribution in [-0.4, -0.2) is 30.1 Å². The minimum atomic E-state index is -1.40. The molecule has 0 spiro atoms. The SMILES string of the molecule is CC(C)(C)[N+]1(c2ccc3c(c2)CCC3N)CC[C@H](NC(=O)[O-])C1=O. The summed E-state index contributed by atoms with van der Waals surface area (Å²) in [5.41, 5.74) is 9.01. The van der Waals surface area contributed by atoms with Gasteiger partial charge in [-0.05, 0) is 50.8 Å². The molecule has 2 amide bonds. The summed E-state index contributed by atoms with van der Waals surface area (Å²) in [6.45, 7) is 6.62. The number of hydrogen-bond acceptors (Lipinski definition) is 4. The van der Waals surface area contributed by atoms with E-state index < -0.39 is 12.1 Å². The van der Waals surface area contributed by atoms with E-state index in [1.807, 2.05) is 32.9 Å². The molecule has 6 heteroatoms. The lowest BCUT2D eigenvalue weighted by Gasteiger charge is -2.43. The van der Waals surface area contributed by atoms with Crippen LogP contribution in [0, 0.1) is 0 Å². The topological polar surface area (TPSA) is 95.2 Å². The molecule has 2 unspecified atom stereocenters. The first kappa shape index (κ1) is 16.9. The molecule has 1 aromatic carbocycles.